The number of hydrogen-bond acceptors (Lipinski definition) is 2. The molecule has 0 saturated heterocycles. The van der Waals surface area contributed by atoms with Crippen LogP contribution < -0.4 is 4.74 Å². The Labute approximate surface area is 201 Å². The molecule has 178 valence electrons. The van der Waals surface area contributed by atoms with Crippen LogP contribution in [0, 0.1) is 5.92 Å². The lowest BCUT2D eigenvalue weighted by Crippen LogP contribution is -2.17. The highest BCUT2D eigenvalue weighted by Gasteiger charge is 2.11. The minimum atomic E-state index is 0.407. The van der Waals surface area contributed by atoms with Gasteiger partial charge in [-0.2, -0.15) is 0 Å². The average Bonchev–Trinajstić information content (AvgIpc) is 3.29. The maximum atomic E-state index is 6.27. The summed E-state index contributed by atoms with van der Waals surface area (Å²) in [6, 6.07) is 18.8. The number of aromatic nitrogens is 2. The van der Waals surface area contributed by atoms with Gasteiger partial charge in [0.2, 0.25) is 0 Å². The Hall–Kier alpha value is -2.55. The first kappa shape index (κ1) is 25.1. The van der Waals surface area contributed by atoms with Crippen molar-refractivity contribution in [2.45, 2.75) is 84.6 Å². The van der Waals surface area contributed by atoms with Gasteiger partial charge in [-0.1, -0.05) is 114 Å². The fourth-order valence-electron chi connectivity index (χ4n) is 4.40. The third-order valence-corrected chi connectivity index (χ3v) is 6.31. The molecule has 0 aliphatic carbocycles. The molecule has 0 radical (unpaired) electrons. The van der Waals surface area contributed by atoms with Gasteiger partial charge in [-0.25, -0.2) is 4.98 Å². The first-order valence-electron chi connectivity index (χ1n) is 13.0. The van der Waals surface area contributed by atoms with Gasteiger partial charge in [0.1, 0.15) is 11.6 Å². The van der Waals surface area contributed by atoms with Crippen molar-refractivity contribution in [3.8, 4) is 16.9 Å². The molecule has 0 bridgehead atoms. The second-order valence-corrected chi connectivity index (χ2v) is 9.35. The van der Waals surface area contributed by atoms with Gasteiger partial charge in [0, 0.05) is 36.8 Å². The topological polar surface area (TPSA) is 27.1 Å². The van der Waals surface area contributed by atoms with Crippen molar-refractivity contribution in [2.75, 3.05) is 6.61 Å². The number of unbranched alkanes of at least 4 members (excludes halogenated alkanes) is 8. The Morgan fingerprint density at radius 2 is 1.48 bits per heavy atom. The summed E-state index contributed by atoms with van der Waals surface area (Å²) in [7, 11) is 0. The number of imidazole rings is 1. The second kappa shape index (κ2) is 14.6. The summed E-state index contributed by atoms with van der Waals surface area (Å²) in [5.41, 5.74) is 2.34. The molecule has 0 N–H and O–H groups in total. The molecule has 0 amide bonds. The second-order valence-electron chi connectivity index (χ2n) is 9.35. The van der Waals surface area contributed by atoms with Crippen LogP contribution in [0.1, 0.15) is 77.5 Å². The Balaban J connectivity index is 1.40. The van der Waals surface area contributed by atoms with Crippen LogP contribution in [0.5, 0.6) is 5.75 Å². The number of hydrogen-bond donors (Lipinski definition) is 0. The van der Waals surface area contributed by atoms with Crippen molar-refractivity contribution in [3.63, 3.8) is 0 Å². The number of para-hydroxylation sites is 1. The van der Waals surface area contributed by atoms with E-state index in [-0.39, 0.29) is 0 Å². The Kier molecular flexibility index (Phi) is 11.1. The van der Waals surface area contributed by atoms with E-state index in [1.807, 2.05) is 18.3 Å². The lowest BCUT2D eigenvalue weighted by atomic mass is 10.0. The summed E-state index contributed by atoms with van der Waals surface area (Å²) >= 11 is 0. The smallest absolute Gasteiger partial charge is 0.127 e. The predicted molar refractivity (Wildman–Crippen MR) is 140 cm³/mol. The standard InChI is InChI=1S/C30H42N2O/c1-3-4-5-6-7-8-9-10-14-21-30-31-22-23-32(30)24-26(2)25-33-29-20-16-15-19-28(29)27-17-12-11-13-18-27/h11-13,15-20,22-23,26H,3-10,14,21,24-25H2,1-2H3. The quantitative estimate of drug-likeness (QED) is 0.207. The Bertz CT molecular complexity index is 902. The van der Waals surface area contributed by atoms with Crippen molar-refractivity contribution in [1.29, 1.82) is 0 Å². The summed E-state index contributed by atoms with van der Waals surface area (Å²) in [6.45, 7) is 6.18. The molecule has 1 heterocycles. The number of rotatable bonds is 16. The van der Waals surface area contributed by atoms with E-state index in [0.29, 0.717) is 12.5 Å². The highest BCUT2D eigenvalue weighted by Crippen LogP contribution is 2.29. The van der Waals surface area contributed by atoms with Gasteiger partial charge in [0.25, 0.3) is 0 Å². The molecule has 33 heavy (non-hydrogen) atoms. The molecule has 0 fully saturated rings. The van der Waals surface area contributed by atoms with Crippen LogP contribution in [-0.2, 0) is 13.0 Å². The van der Waals surface area contributed by atoms with Gasteiger partial charge in [0.05, 0.1) is 6.61 Å². The van der Waals surface area contributed by atoms with Crippen molar-refractivity contribution in [1.82, 2.24) is 9.55 Å². The summed E-state index contributed by atoms with van der Waals surface area (Å²) < 4.78 is 8.59. The van der Waals surface area contributed by atoms with Gasteiger partial charge in [-0.3, -0.25) is 0 Å². The van der Waals surface area contributed by atoms with Crippen LogP contribution >= 0.6 is 0 Å². The normalized spacial score (nSPS) is 12.1. The molecule has 3 rings (SSSR count). The maximum Gasteiger partial charge on any atom is 0.127 e. The number of ether oxygens (including phenoxy) is 1. The highest BCUT2D eigenvalue weighted by molar-refractivity contribution is 5.70. The number of nitrogens with zero attached hydrogens (tertiary/aromatic N) is 2. The predicted octanol–water partition coefficient (Wildman–Crippen LogP) is 8.34. The van der Waals surface area contributed by atoms with E-state index in [1.165, 1.54) is 69.2 Å². The zero-order chi connectivity index (χ0) is 23.1. The van der Waals surface area contributed by atoms with Gasteiger partial charge >= 0.3 is 0 Å². The molecule has 1 unspecified atom stereocenters. The summed E-state index contributed by atoms with van der Waals surface area (Å²) in [5, 5.41) is 0. The third-order valence-electron chi connectivity index (χ3n) is 6.31. The van der Waals surface area contributed by atoms with Crippen LogP contribution in [-0.4, -0.2) is 16.2 Å². The SMILES string of the molecule is CCCCCCCCCCCc1nccn1CC(C)COc1ccccc1-c1ccccc1. The van der Waals surface area contributed by atoms with Gasteiger partial charge < -0.3 is 9.30 Å². The van der Waals surface area contributed by atoms with E-state index < -0.39 is 0 Å². The van der Waals surface area contributed by atoms with Crippen LogP contribution in [0.25, 0.3) is 11.1 Å². The molecule has 3 heteroatoms. The van der Waals surface area contributed by atoms with Crippen LogP contribution in [0.15, 0.2) is 67.0 Å². The first-order chi connectivity index (χ1) is 16.3. The third kappa shape index (κ3) is 8.72. The van der Waals surface area contributed by atoms with Crippen molar-refractivity contribution in [2.24, 2.45) is 5.92 Å². The molecule has 1 aromatic heterocycles. The van der Waals surface area contributed by atoms with E-state index in [2.05, 4.69) is 72.1 Å². The Morgan fingerprint density at radius 1 is 0.818 bits per heavy atom. The number of aryl methyl sites for hydroxylation is 1. The fraction of sp³-hybridized carbons (Fsp3) is 0.500. The minimum absolute atomic E-state index is 0.407. The molecule has 3 nitrogen and oxygen atoms in total. The van der Waals surface area contributed by atoms with Crippen molar-refractivity contribution >= 4 is 0 Å². The molecule has 0 aliphatic rings. The van der Waals surface area contributed by atoms with Crippen molar-refractivity contribution in [3.05, 3.63) is 72.8 Å². The molecule has 0 spiro atoms. The molecule has 2 aromatic carbocycles. The van der Waals surface area contributed by atoms with Gasteiger partial charge in [-0.05, 0) is 18.1 Å². The van der Waals surface area contributed by atoms with Crippen LogP contribution in [0.4, 0.5) is 0 Å². The molecular weight excluding hydrogens is 404 g/mol. The van der Waals surface area contributed by atoms with E-state index in [0.717, 1.165) is 24.3 Å². The molecule has 0 saturated carbocycles. The summed E-state index contributed by atoms with van der Waals surface area (Å²) in [6.07, 6.45) is 17.4. The van der Waals surface area contributed by atoms with Crippen LogP contribution in [0.2, 0.25) is 0 Å². The highest BCUT2D eigenvalue weighted by atomic mass is 16.5. The summed E-state index contributed by atoms with van der Waals surface area (Å²) in [5.74, 6) is 2.58. The molecule has 3 aromatic rings. The van der Waals surface area contributed by atoms with E-state index >= 15 is 0 Å². The van der Waals surface area contributed by atoms with E-state index in [1.54, 1.807) is 0 Å². The molecular formula is C30H42N2O. The van der Waals surface area contributed by atoms with E-state index in [4.69, 9.17) is 4.74 Å². The monoisotopic (exact) mass is 446 g/mol. The lowest BCUT2D eigenvalue weighted by molar-refractivity contribution is 0.244. The van der Waals surface area contributed by atoms with Gasteiger partial charge in [-0.15, -0.1) is 0 Å². The first-order valence-corrected chi connectivity index (χ1v) is 13.0. The Morgan fingerprint density at radius 3 is 2.24 bits per heavy atom. The van der Waals surface area contributed by atoms with Crippen LogP contribution in [0.3, 0.4) is 0 Å². The molecule has 1 atom stereocenters. The minimum Gasteiger partial charge on any atom is -0.493 e. The zero-order valence-electron chi connectivity index (χ0n) is 20.7. The largest absolute Gasteiger partial charge is 0.493 e. The van der Waals surface area contributed by atoms with Crippen molar-refractivity contribution < 1.29 is 4.74 Å². The zero-order valence-corrected chi connectivity index (χ0v) is 20.7. The van der Waals surface area contributed by atoms with E-state index in [9.17, 15) is 0 Å². The number of benzene rings is 2. The summed E-state index contributed by atoms with van der Waals surface area (Å²) in [4.78, 5) is 4.63. The lowest BCUT2D eigenvalue weighted by Gasteiger charge is -2.17. The molecule has 0 aliphatic heterocycles. The maximum absolute atomic E-state index is 6.27. The fourth-order valence-corrected chi connectivity index (χ4v) is 4.40. The van der Waals surface area contributed by atoms with Gasteiger partial charge in [0.15, 0.2) is 0 Å². The average molecular weight is 447 g/mol.